The molecule has 0 aromatic heterocycles. The van der Waals surface area contributed by atoms with Gasteiger partial charge in [-0.3, -0.25) is 4.52 Å². The van der Waals surface area contributed by atoms with Crippen LogP contribution in [0.4, 0.5) is 0 Å². The van der Waals surface area contributed by atoms with Gasteiger partial charge in [-0.2, -0.15) is 0 Å². The fourth-order valence-electron chi connectivity index (χ4n) is 0.727. The van der Waals surface area contributed by atoms with Crippen molar-refractivity contribution in [1.29, 1.82) is 0 Å². The van der Waals surface area contributed by atoms with Gasteiger partial charge in [-0.1, -0.05) is 0 Å². The first-order chi connectivity index (χ1) is 5.49. The van der Waals surface area contributed by atoms with Crippen molar-refractivity contribution in [1.82, 2.24) is 0 Å². The lowest BCUT2D eigenvalue weighted by atomic mass is 10.2. The van der Waals surface area contributed by atoms with Crippen molar-refractivity contribution in [3.63, 3.8) is 0 Å². The number of aliphatic hydroxyl groups excluding tert-OH is 1. The summed E-state index contributed by atoms with van der Waals surface area (Å²) in [6.45, 7) is -0.00781. The van der Waals surface area contributed by atoms with Gasteiger partial charge in [0.1, 0.15) is 0 Å². The van der Waals surface area contributed by atoms with Gasteiger partial charge in [0.05, 0.1) is 6.10 Å². The standard InChI is InChI=1S/C5H14NO5P/c6-4-5(2-1-3-7)11-12(8,9)10/h5,7H,1-4,6H2,(H2,8,9,10). The van der Waals surface area contributed by atoms with E-state index in [0.29, 0.717) is 12.8 Å². The molecule has 0 saturated carbocycles. The first kappa shape index (κ1) is 12.0. The van der Waals surface area contributed by atoms with Gasteiger partial charge in [0.25, 0.3) is 0 Å². The molecule has 6 nitrogen and oxygen atoms in total. The highest BCUT2D eigenvalue weighted by molar-refractivity contribution is 7.46. The van der Waals surface area contributed by atoms with Crippen LogP contribution in [-0.2, 0) is 9.09 Å². The average molecular weight is 199 g/mol. The summed E-state index contributed by atoms with van der Waals surface area (Å²) in [6.07, 6.45) is 0.0814. The molecule has 0 bridgehead atoms. The Morgan fingerprint density at radius 2 is 2.08 bits per heavy atom. The van der Waals surface area contributed by atoms with Crippen molar-refractivity contribution >= 4 is 7.82 Å². The molecule has 0 amide bonds. The van der Waals surface area contributed by atoms with Crippen LogP contribution in [0.5, 0.6) is 0 Å². The van der Waals surface area contributed by atoms with Crippen molar-refractivity contribution in [2.24, 2.45) is 5.73 Å². The van der Waals surface area contributed by atoms with Crippen LogP contribution in [0.1, 0.15) is 12.8 Å². The first-order valence-corrected chi connectivity index (χ1v) is 5.07. The molecule has 0 aliphatic rings. The maximum atomic E-state index is 10.3. The van der Waals surface area contributed by atoms with Gasteiger partial charge in [0, 0.05) is 13.2 Å². The van der Waals surface area contributed by atoms with Crippen LogP contribution in [0, 0.1) is 0 Å². The summed E-state index contributed by atoms with van der Waals surface area (Å²) in [5.41, 5.74) is 5.17. The molecule has 0 aliphatic heterocycles. The molecule has 0 fully saturated rings. The summed E-state index contributed by atoms with van der Waals surface area (Å²) >= 11 is 0. The molecule has 5 N–H and O–H groups in total. The average Bonchev–Trinajstić information content (AvgIpc) is 1.95. The number of rotatable bonds is 6. The van der Waals surface area contributed by atoms with Crippen LogP contribution >= 0.6 is 7.82 Å². The smallest absolute Gasteiger partial charge is 0.396 e. The van der Waals surface area contributed by atoms with E-state index < -0.39 is 13.9 Å². The zero-order valence-electron chi connectivity index (χ0n) is 6.59. The van der Waals surface area contributed by atoms with Crippen LogP contribution in [0.25, 0.3) is 0 Å². The summed E-state index contributed by atoms with van der Waals surface area (Å²) in [4.78, 5) is 16.8. The third-order valence-electron chi connectivity index (χ3n) is 1.23. The summed E-state index contributed by atoms with van der Waals surface area (Å²) in [5, 5.41) is 8.42. The molecule has 1 atom stereocenters. The first-order valence-electron chi connectivity index (χ1n) is 3.54. The Labute approximate surface area is 70.6 Å². The van der Waals surface area contributed by atoms with E-state index in [1.54, 1.807) is 0 Å². The Morgan fingerprint density at radius 3 is 2.42 bits per heavy atom. The normalized spacial score (nSPS) is 14.7. The second kappa shape index (κ2) is 5.64. The van der Waals surface area contributed by atoms with Gasteiger partial charge in [-0.05, 0) is 12.8 Å². The van der Waals surface area contributed by atoms with Crippen molar-refractivity contribution in [2.45, 2.75) is 18.9 Å². The molecular formula is C5H14NO5P. The minimum Gasteiger partial charge on any atom is -0.396 e. The fourth-order valence-corrected chi connectivity index (χ4v) is 1.31. The maximum absolute atomic E-state index is 10.3. The predicted octanol–water partition coefficient (Wildman–Crippen LogP) is -0.804. The molecule has 0 aromatic rings. The Hall–Kier alpha value is 0.0300. The largest absolute Gasteiger partial charge is 0.469 e. The summed E-state index contributed by atoms with van der Waals surface area (Å²) < 4.78 is 14.6. The molecule has 0 radical (unpaired) electrons. The molecule has 0 saturated heterocycles. The van der Waals surface area contributed by atoms with E-state index in [4.69, 9.17) is 20.6 Å². The third-order valence-corrected chi connectivity index (χ3v) is 1.81. The second-order valence-corrected chi connectivity index (χ2v) is 3.51. The molecular weight excluding hydrogens is 185 g/mol. The lowest BCUT2D eigenvalue weighted by Gasteiger charge is -2.15. The van der Waals surface area contributed by atoms with Crippen LogP contribution in [0.2, 0.25) is 0 Å². The maximum Gasteiger partial charge on any atom is 0.469 e. The fraction of sp³-hybridized carbons (Fsp3) is 1.00. The SMILES string of the molecule is NCC(CCCO)OP(=O)(O)O. The summed E-state index contributed by atoms with van der Waals surface area (Å²) in [5.74, 6) is 0. The molecule has 0 aromatic carbocycles. The van der Waals surface area contributed by atoms with E-state index >= 15 is 0 Å². The van der Waals surface area contributed by atoms with E-state index in [2.05, 4.69) is 4.52 Å². The highest BCUT2D eigenvalue weighted by Crippen LogP contribution is 2.38. The second-order valence-electron chi connectivity index (χ2n) is 2.32. The minimum atomic E-state index is -4.44. The topological polar surface area (TPSA) is 113 Å². The minimum absolute atomic E-state index is 0.0328. The quantitative estimate of drug-likeness (QED) is 0.416. The van der Waals surface area contributed by atoms with Crippen LogP contribution < -0.4 is 5.73 Å². The van der Waals surface area contributed by atoms with Crippen LogP contribution in [0.15, 0.2) is 0 Å². The van der Waals surface area contributed by atoms with Gasteiger partial charge >= 0.3 is 7.82 Å². The molecule has 7 heteroatoms. The van der Waals surface area contributed by atoms with Gasteiger partial charge < -0.3 is 20.6 Å². The number of hydrogen-bond donors (Lipinski definition) is 4. The number of phosphoric acid groups is 1. The summed E-state index contributed by atoms with van der Waals surface area (Å²) in [7, 11) is -4.44. The Kier molecular flexibility index (Phi) is 5.65. The number of aliphatic hydroxyl groups is 1. The third kappa shape index (κ3) is 6.72. The van der Waals surface area contributed by atoms with Crippen LogP contribution in [0.3, 0.4) is 0 Å². The number of hydrogen-bond acceptors (Lipinski definition) is 4. The monoisotopic (exact) mass is 199 g/mol. The summed E-state index contributed by atoms with van der Waals surface area (Å²) in [6, 6.07) is 0. The van der Waals surface area contributed by atoms with Gasteiger partial charge in [-0.15, -0.1) is 0 Å². The predicted molar refractivity (Wildman–Crippen MR) is 42.3 cm³/mol. The highest BCUT2D eigenvalue weighted by Gasteiger charge is 2.20. The molecule has 1 unspecified atom stereocenters. The van der Waals surface area contributed by atoms with E-state index in [1.807, 2.05) is 0 Å². The van der Waals surface area contributed by atoms with Crippen LogP contribution in [-0.4, -0.2) is 34.1 Å². The molecule has 0 heterocycles. The van der Waals surface area contributed by atoms with Crippen molar-refractivity contribution in [3.05, 3.63) is 0 Å². The Balaban J connectivity index is 3.75. The number of nitrogens with two attached hydrogens (primary N) is 1. The Bertz CT molecular complexity index is 158. The molecule has 12 heavy (non-hydrogen) atoms. The van der Waals surface area contributed by atoms with Gasteiger partial charge in [0.15, 0.2) is 0 Å². The molecule has 0 spiro atoms. The van der Waals surface area contributed by atoms with Crippen molar-refractivity contribution in [2.75, 3.05) is 13.2 Å². The molecule has 74 valence electrons. The van der Waals surface area contributed by atoms with Crippen molar-refractivity contribution < 1.29 is 24.0 Å². The van der Waals surface area contributed by atoms with E-state index in [-0.39, 0.29) is 13.2 Å². The lowest BCUT2D eigenvalue weighted by molar-refractivity contribution is 0.124. The lowest BCUT2D eigenvalue weighted by Crippen LogP contribution is -2.22. The van der Waals surface area contributed by atoms with E-state index in [1.165, 1.54) is 0 Å². The molecule has 0 aliphatic carbocycles. The van der Waals surface area contributed by atoms with Crippen molar-refractivity contribution in [3.8, 4) is 0 Å². The highest BCUT2D eigenvalue weighted by atomic mass is 31.2. The van der Waals surface area contributed by atoms with Gasteiger partial charge in [-0.25, -0.2) is 4.57 Å². The van der Waals surface area contributed by atoms with E-state index in [0.717, 1.165) is 0 Å². The van der Waals surface area contributed by atoms with E-state index in [9.17, 15) is 4.57 Å². The van der Waals surface area contributed by atoms with Gasteiger partial charge in [0.2, 0.25) is 0 Å². The number of phosphoric ester groups is 1. The zero-order chi connectivity index (χ0) is 9.61. The zero-order valence-corrected chi connectivity index (χ0v) is 7.48. The Morgan fingerprint density at radius 1 is 1.50 bits per heavy atom. The molecule has 0 rings (SSSR count).